The molecule has 0 saturated heterocycles. The Morgan fingerprint density at radius 1 is 0.944 bits per heavy atom. The summed E-state index contributed by atoms with van der Waals surface area (Å²) in [6, 6.07) is 12.6. The summed E-state index contributed by atoms with van der Waals surface area (Å²) in [4.78, 5) is 0. The van der Waals surface area contributed by atoms with E-state index in [9.17, 15) is 10.2 Å². The van der Waals surface area contributed by atoms with Crippen molar-refractivity contribution >= 4 is 0 Å². The van der Waals surface area contributed by atoms with Crippen LogP contribution in [0.5, 0.6) is 5.75 Å². The van der Waals surface area contributed by atoms with Crippen molar-refractivity contribution < 1.29 is 10.2 Å². The van der Waals surface area contributed by atoms with Gasteiger partial charge in [0.1, 0.15) is 11.4 Å². The molecule has 2 heteroatoms. The maximum Gasteiger partial charge on any atom is 0.115 e. The standard InChI is InChI=1S/C16H18O2/c1-11-5-4-6-15(12(11)2)16(3,18)13-7-9-14(17)10-8-13/h4-10,17-18H,1-3H3. The molecule has 0 spiro atoms. The molecule has 0 radical (unpaired) electrons. The van der Waals surface area contributed by atoms with Crippen molar-refractivity contribution in [1.29, 1.82) is 0 Å². The van der Waals surface area contributed by atoms with Gasteiger partial charge in [0.05, 0.1) is 0 Å². The van der Waals surface area contributed by atoms with Crippen LogP contribution < -0.4 is 0 Å². The van der Waals surface area contributed by atoms with Crippen LogP contribution in [0, 0.1) is 13.8 Å². The zero-order chi connectivity index (χ0) is 13.3. The van der Waals surface area contributed by atoms with Gasteiger partial charge < -0.3 is 10.2 Å². The molecule has 2 N–H and O–H groups in total. The lowest BCUT2D eigenvalue weighted by molar-refractivity contribution is 0.101. The van der Waals surface area contributed by atoms with E-state index in [1.807, 2.05) is 32.0 Å². The third-order valence-electron chi connectivity index (χ3n) is 3.56. The van der Waals surface area contributed by atoms with Crippen molar-refractivity contribution in [3.63, 3.8) is 0 Å². The number of aromatic hydroxyl groups is 1. The van der Waals surface area contributed by atoms with Crippen molar-refractivity contribution in [2.24, 2.45) is 0 Å². The highest BCUT2D eigenvalue weighted by atomic mass is 16.3. The number of phenols is 1. The summed E-state index contributed by atoms with van der Waals surface area (Å²) in [6.07, 6.45) is 0. The molecule has 18 heavy (non-hydrogen) atoms. The highest BCUT2D eigenvalue weighted by Crippen LogP contribution is 2.32. The van der Waals surface area contributed by atoms with Crippen molar-refractivity contribution in [1.82, 2.24) is 0 Å². The van der Waals surface area contributed by atoms with Gasteiger partial charge in [-0.25, -0.2) is 0 Å². The van der Waals surface area contributed by atoms with E-state index in [4.69, 9.17) is 0 Å². The number of rotatable bonds is 2. The minimum absolute atomic E-state index is 0.204. The first kappa shape index (κ1) is 12.7. The van der Waals surface area contributed by atoms with Crippen molar-refractivity contribution in [3.8, 4) is 5.75 Å². The fourth-order valence-corrected chi connectivity index (χ4v) is 2.22. The van der Waals surface area contributed by atoms with Gasteiger partial charge >= 0.3 is 0 Å². The van der Waals surface area contributed by atoms with E-state index in [1.165, 1.54) is 0 Å². The monoisotopic (exact) mass is 242 g/mol. The summed E-state index contributed by atoms with van der Waals surface area (Å²) in [5.74, 6) is 0.204. The van der Waals surface area contributed by atoms with Crippen LogP contribution in [-0.2, 0) is 5.60 Å². The van der Waals surface area contributed by atoms with E-state index in [1.54, 1.807) is 31.2 Å². The van der Waals surface area contributed by atoms with Crippen molar-refractivity contribution in [3.05, 3.63) is 64.7 Å². The number of hydrogen-bond acceptors (Lipinski definition) is 2. The molecule has 0 aliphatic rings. The first-order valence-electron chi connectivity index (χ1n) is 6.01. The Labute approximate surface area is 108 Å². The average molecular weight is 242 g/mol. The number of benzene rings is 2. The van der Waals surface area contributed by atoms with E-state index in [-0.39, 0.29) is 5.75 Å². The van der Waals surface area contributed by atoms with Crippen LogP contribution in [0.4, 0.5) is 0 Å². The molecule has 0 bridgehead atoms. The van der Waals surface area contributed by atoms with Gasteiger partial charge in [0.25, 0.3) is 0 Å². The van der Waals surface area contributed by atoms with Crippen LogP contribution in [0.15, 0.2) is 42.5 Å². The first-order chi connectivity index (χ1) is 8.43. The number of aliphatic hydroxyl groups is 1. The van der Waals surface area contributed by atoms with Gasteiger partial charge in [-0.05, 0) is 55.2 Å². The fourth-order valence-electron chi connectivity index (χ4n) is 2.22. The maximum atomic E-state index is 10.8. The Balaban J connectivity index is 2.54. The van der Waals surface area contributed by atoms with Crippen molar-refractivity contribution in [2.75, 3.05) is 0 Å². The average Bonchev–Trinajstić information content (AvgIpc) is 2.33. The molecule has 0 heterocycles. The summed E-state index contributed by atoms with van der Waals surface area (Å²) in [5, 5.41) is 20.1. The molecule has 2 aromatic rings. The molecule has 0 saturated carbocycles. The molecular weight excluding hydrogens is 224 g/mol. The summed E-state index contributed by atoms with van der Waals surface area (Å²) >= 11 is 0. The second kappa shape index (κ2) is 4.46. The van der Waals surface area contributed by atoms with Gasteiger partial charge in [-0.15, -0.1) is 0 Å². The van der Waals surface area contributed by atoms with E-state index < -0.39 is 5.60 Å². The largest absolute Gasteiger partial charge is 0.508 e. The smallest absolute Gasteiger partial charge is 0.115 e. The summed E-state index contributed by atoms with van der Waals surface area (Å²) in [6.45, 7) is 5.83. The third kappa shape index (κ3) is 2.12. The Hall–Kier alpha value is -1.80. The Kier molecular flexibility index (Phi) is 3.14. The second-order valence-corrected chi connectivity index (χ2v) is 4.87. The quantitative estimate of drug-likeness (QED) is 0.848. The Bertz CT molecular complexity index is 554. The van der Waals surface area contributed by atoms with E-state index in [2.05, 4.69) is 0 Å². The lowest BCUT2D eigenvalue weighted by Crippen LogP contribution is -2.24. The zero-order valence-corrected chi connectivity index (χ0v) is 10.9. The van der Waals surface area contributed by atoms with Crippen LogP contribution in [0.2, 0.25) is 0 Å². The van der Waals surface area contributed by atoms with Crippen LogP contribution in [0.1, 0.15) is 29.2 Å². The predicted octanol–water partition coefficient (Wildman–Crippen LogP) is 3.26. The molecule has 0 aliphatic heterocycles. The van der Waals surface area contributed by atoms with E-state index in [0.717, 1.165) is 22.3 Å². The highest BCUT2D eigenvalue weighted by Gasteiger charge is 2.27. The molecule has 1 atom stereocenters. The maximum absolute atomic E-state index is 10.8. The normalized spacial score (nSPS) is 14.2. The molecule has 2 rings (SSSR count). The molecular formula is C16H18O2. The number of aryl methyl sites for hydroxylation is 1. The van der Waals surface area contributed by atoms with Crippen LogP contribution in [0.25, 0.3) is 0 Å². The zero-order valence-electron chi connectivity index (χ0n) is 10.9. The first-order valence-corrected chi connectivity index (χ1v) is 6.01. The summed E-state index contributed by atoms with van der Waals surface area (Å²) in [5.41, 5.74) is 2.87. The number of hydrogen-bond donors (Lipinski definition) is 2. The summed E-state index contributed by atoms with van der Waals surface area (Å²) in [7, 11) is 0. The SMILES string of the molecule is Cc1cccc(C(C)(O)c2ccc(O)cc2)c1C. The lowest BCUT2D eigenvalue weighted by atomic mass is 9.84. The molecule has 2 aromatic carbocycles. The van der Waals surface area contributed by atoms with Crippen LogP contribution in [-0.4, -0.2) is 10.2 Å². The lowest BCUT2D eigenvalue weighted by Gasteiger charge is -2.27. The van der Waals surface area contributed by atoms with E-state index >= 15 is 0 Å². The number of phenolic OH excluding ortho intramolecular Hbond substituents is 1. The minimum Gasteiger partial charge on any atom is -0.508 e. The van der Waals surface area contributed by atoms with Gasteiger partial charge in [0.15, 0.2) is 0 Å². The molecule has 0 aliphatic carbocycles. The molecule has 2 nitrogen and oxygen atoms in total. The summed E-state index contributed by atoms with van der Waals surface area (Å²) < 4.78 is 0. The molecule has 0 aromatic heterocycles. The second-order valence-electron chi connectivity index (χ2n) is 4.87. The fraction of sp³-hybridized carbons (Fsp3) is 0.250. The Morgan fingerprint density at radius 3 is 2.17 bits per heavy atom. The molecule has 0 amide bonds. The van der Waals surface area contributed by atoms with Gasteiger partial charge in [0.2, 0.25) is 0 Å². The van der Waals surface area contributed by atoms with Crippen molar-refractivity contribution in [2.45, 2.75) is 26.4 Å². The minimum atomic E-state index is -1.05. The van der Waals surface area contributed by atoms with Gasteiger partial charge in [-0.1, -0.05) is 30.3 Å². The molecule has 0 fully saturated rings. The third-order valence-corrected chi connectivity index (χ3v) is 3.56. The van der Waals surface area contributed by atoms with Crippen LogP contribution >= 0.6 is 0 Å². The Morgan fingerprint density at radius 2 is 1.56 bits per heavy atom. The highest BCUT2D eigenvalue weighted by molar-refractivity contribution is 5.43. The van der Waals surface area contributed by atoms with Gasteiger partial charge in [-0.3, -0.25) is 0 Å². The molecule has 1 unspecified atom stereocenters. The van der Waals surface area contributed by atoms with Gasteiger partial charge in [-0.2, -0.15) is 0 Å². The van der Waals surface area contributed by atoms with Gasteiger partial charge in [0, 0.05) is 0 Å². The topological polar surface area (TPSA) is 40.5 Å². The van der Waals surface area contributed by atoms with E-state index in [0.29, 0.717) is 0 Å². The van der Waals surface area contributed by atoms with Crippen LogP contribution in [0.3, 0.4) is 0 Å². The molecule has 94 valence electrons. The predicted molar refractivity (Wildman–Crippen MR) is 72.7 cm³/mol.